The molecule has 0 atom stereocenters. The van der Waals surface area contributed by atoms with Gasteiger partial charge < -0.3 is 5.11 Å². The van der Waals surface area contributed by atoms with Gasteiger partial charge in [0.25, 0.3) is 5.69 Å². The van der Waals surface area contributed by atoms with Gasteiger partial charge in [-0.25, -0.2) is 0 Å². The number of non-ortho nitro benzene ring substituents is 1. The fourth-order valence-electron chi connectivity index (χ4n) is 1.75. The molecule has 0 saturated heterocycles. The van der Waals surface area contributed by atoms with E-state index in [0.29, 0.717) is 22.2 Å². The van der Waals surface area contributed by atoms with Crippen molar-refractivity contribution in [2.75, 3.05) is 0 Å². The Labute approximate surface area is 102 Å². The number of hydrogen-bond donors (Lipinski definition) is 1. The summed E-state index contributed by atoms with van der Waals surface area (Å²) in [5.41, 5.74) is 1.66. The Balaban J connectivity index is 2.56. The number of pyridine rings is 1. The van der Waals surface area contributed by atoms with Gasteiger partial charge in [0, 0.05) is 23.2 Å². The van der Waals surface area contributed by atoms with Gasteiger partial charge in [0.15, 0.2) is 0 Å². The fraction of sp³-hybridized carbons (Fsp3) is 0.167. The lowest BCUT2D eigenvalue weighted by molar-refractivity contribution is -0.384. The average molecular weight is 246 g/mol. The number of carboxylic acids is 1. The third-order valence-corrected chi connectivity index (χ3v) is 2.65. The maximum Gasteiger partial charge on any atom is 0.307 e. The molecule has 6 nitrogen and oxygen atoms in total. The van der Waals surface area contributed by atoms with Gasteiger partial charge in [-0.3, -0.25) is 19.9 Å². The van der Waals surface area contributed by atoms with Crippen LogP contribution in [0.1, 0.15) is 11.3 Å². The molecular weight excluding hydrogens is 236 g/mol. The second-order valence-electron chi connectivity index (χ2n) is 3.94. The molecule has 1 N–H and O–H groups in total. The number of hydrogen-bond acceptors (Lipinski definition) is 4. The molecule has 2 aromatic rings. The molecule has 2 rings (SSSR count). The van der Waals surface area contributed by atoms with Crippen LogP contribution in [0, 0.1) is 17.0 Å². The molecule has 1 aromatic carbocycles. The van der Waals surface area contributed by atoms with Crippen molar-refractivity contribution in [1.82, 2.24) is 4.98 Å². The highest BCUT2D eigenvalue weighted by Crippen LogP contribution is 2.22. The standard InChI is InChI=1S/C12H10N2O4/c1-7-9(5-12(15)16)4-8-2-3-10(14(17)18)6-11(8)13-7/h2-4,6H,5H2,1H3,(H,15,16). The fourth-order valence-corrected chi connectivity index (χ4v) is 1.75. The summed E-state index contributed by atoms with van der Waals surface area (Å²) in [6.07, 6.45) is -0.105. The van der Waals surface area contributed by atoms with E-state index in [-0.39, 0.29) is 12.1 Å². The molecule has 0 bridgehead atoms. The lowest BCUT2D eigenvalue weighted by Gasteiger charge is -2.05. The van der Waals surface area contributed by atoms with E-state index in [1.54, 1.807) is 19.1 Å². The molecule has 18 heavy (non-hydrogen) atoms. The summed E-state index contributed by atoms with van der Waals surface area (Å²) in [4.78, 5) is 25.0. The number of rotatable bonds is 3. The average Bonchev–Trinajstić information content (AvgIpc) is 2.28. The minimum absolute atomic E-state index is 0.0274. The summed E-state index contributed by atoms with van der Waals surface area (Å²) in [6.45, 7) is 1.69. The number of carbonyl (C=O) groups is 1. The van der Waals surface area contributed by atoms with Crippen molar-refractivity contribution in [3.05, 3.63) is 45.6 Å². The van der Waals surface area contributed by atoms with Crippen LogP contribution < -0.4 is 0 Å². The van der Waals surface area contributed by atoms with Crippen LogP contribution in [0.15, 0.2) is 24.3 Å². The van der Waals surface area contributed by atoms with Crippen molar-refractivity contribution >= 4 is 22.6 Å². The zero-order chi connectivity index (χ0) is 13.3. The van der Waals surface area contributed by atoms with E-state index in [4.69, 9.17) is 5.11 Å². The lowest BCUT2D eigenvalue weighted by Crippen LogP contribution is -2.03. The van der Waals surface area contributed by atoms with E-state index in [2.05, 4.69) is 4.98 Å². The Bertz CT molecular complexity index is 652. The van der Waals surface area contributed by atoms with E-state index in [0.717, 1.165) is 0 Å². The first-order chi connectivity index (χ1) is 8.47. The van der Waals surface area contributed by atoms with Crippen molar-refractivity contribution in [2.45, 2.75) is 13.3 Å². The first kappa shape index (κ1) is 12.0. The molecular formula is C12H10N2O4. The van der Waals surface area contributed by atoms with E-state index in [1.165, 1.54) is 12.1 Å². The third kappa shape index (κ3) is 2.27. The number of nitro benzene ring substituents is 1. The highest BCUT2D eigenvalue weighted by atomic mass is 16.6. The number of carboxylic acid groups (broad SMARTS) is 1. The minimum Gasteiger partial charge on any atom is -0.481 e. The Morgan fingerprint density at radius 2 is 2.17 bits per heavy atom. The highest BCUT2D eigenvalue weighted by molar-refractivity contribution is 5.83. The quantitative estimate of drug-likeness (QED) is 0.661. The Hall–Kier alpha value is -2.50. The maximum atomic E-state index is 10.7. The molecule has 0 unspecified atom stereocenters. The molecule has 0 fully saturated rings. The number of nitrogens with zero attached hydrogens (tertiary/aromatic N) is 2. The molecule has 0 aliphatic heterocycles. The van der Waals surface area contributed by atoms with Crippen molar-refractivity contribution in [3.8, 4) is 0 Å². The van der Waals surface area contributed by atoms with Crippen LogP contribution in [0.5, 0.6) is 0 Å². The SMILES string of the molecule is Cc1nc2cc([N+](=O)[O-])ccc2cc1CC(=O)O. The topological polar surface area (TPSA) is 93.3 Å². The molecule has 6 heteroatoms. The molecule has 92 valence electrons. The third-order valence-electron chi connectivity index (χ3n) is 2.65. The van der Waals surface area contributed by atoms with Crippen molar-refractivity contribution in [1.29, 1.82) is 0 Å². The first-order valence-electron chi connectivity index (χ1n) is 5.24. The summed E-state index contributed by atoms with van der Waals surface area (Å²) in [6, 6.07) is 6.04. The number of aliphatic carboxylic acids is 1. The second kappa shape index (κ2) is 4.40. The molecule has 0 saturated carbocycles. The van der Waals surface area contributed by atoms with E-state index < -0.39 is 10.9 Å². The van der Waals surface area contributed by atoms with E-state index >= 15 is 0 Å². The summed E-state index contributed by atoms with van der Waals surface area (Å²) in [7, 11) is 0. The van der Waals surface area contributed by atoms with Crippen LogP contribution in [0.4, 0.5) is 5.69 Å². The van der Waals surface area contributed by atoms with Gasteiger partial charge in [0.2, 0.25) is 0 Å². The molecule has 1 aromatic heterocycles. The molecule has 0 aliphatic rings. The van der Waals surface area contributed by atoms with Crippen LogP contribution in [0.3, 0.4) is 0 Å². The lowest BCUT2D eigenvalue weighted by atomic mass is 10.1. The van der Waals surface area contributed by atoms with Crippen LogP contribution in [-0.4, -0.2) is 21.0 Å². The van der Waals surface area contributed by atoms with Crippen LogP contribution >= 0.6 is 0 Å². The summed E-state index contributed by atoms with van der Waals surface area (Å²) in [5, 5.41) is 20.1. The monoisotopic (exact) mass is 246 g/mol. The van der Waals surface area contributed by atoms with E-state index in [9.17, 15) is 14.9 Å². The summed E-state index contributed by atoms with van der Waals surface area (Å²) < 4.78 is 0. The van der Waals surface area contributed by atoms with E-state index in [1.807, 2.05) is 0 Å². The highest BCUT2D eigenvalue weighted by Gasteiger charge is 2.10. The van der Waals surface area contributed by atoms with Gasteiger partial charge in [-0.05, 0) is 24.6 Å². The van der Waals surface area contributed by atoms with Gasteiger partial charge in [-0.1, -0.05) is 0 Å². The Morgan fingerprint density at radius 3 is 2.78 bits per heavy atom. The molecule has 0 spiro atoms. The number of nitro groups is 1. The number of aromatic nitrogens is 1. The number of aryl methyl sites for hydroxylation is 1. The predicted octanol–water partition coefficient (Wildman–Crippen LogP) is 2.08. The van der Waals surface area contributed by atoms with Crippen molar-refractivity contribution in [3.63, 3.8) is 0 Å². The Kier molecular flexibility index (Phi) is 2.93. The van der Waals surface area contributed by atoms with Crippen LogP contribution in [0.2, 0.25) is 0 Å². The largest absolute Gasteiger partial charge is 0.481 e. The molecule has 1 heterocycles. The van der Waals surface area contributed by atoms with Gasteiger partial charge >= 0.3 is 5.97 Å². The van der Waals surface area contributed by atoms with Gasteiger partial charge in [0.05, 0.1) is 16.9 Å². The maximum absolute atomic E-state index is 10.7. The molecule has 0 aliphatic carbocycles. The second-order valence-corrected chi connectivity index (χ2v) is 3.94. The molecule has 0 radical (unpaired) electrons. The smallest absolute Gasteiger partial charge is 0.307 e. The summed E-state index contributed by atoms with van der Waals surface area (Å²) in [5.74, 6) is -0.929. The van der Waals surface area contributed by atoms with Gasteiger partial charge in [-0.15, -0.1) is 0 Å². The summed E-state index contributed by atoms with van der Waals surface area (Å²) >= 11 is 0. The van der Waals surface area contributed by atoms with Gasteiger partial charge in [0.1, 0.15) is 0 Å². The van der Waals surface area contributed by atoms with Crippen LogP contribution in [0.25, 0.3) is 10.9 Å². The normalized spacial score (nSPS) is 10.5. The first-order valence-corrected chi connectivity index (χ1v) is 5.24. The zero-order valence-electron chi connectivity index (χ0n) is 9.58. The van der Waals surface area contributed by atoms with Gasteiger partial charge in [-0.2, -0.15) is 0 Å². The number of fused-ring (bicyclic) bond motifs is 1. The van der Waals surface area contributed by atoms with Crippen molar-refractivity contribution < 1.29 is 14.8 Å². The van der Waals surface area contributed by atoms with Crippen molar-refractivity contribution in [2.24, 2.45) is 0 Å². The molecule has 0 amide bonds. The predicted molar refractivity (Wildman–Crippen MR) is 64.5 cm³/mol. The Morgan fingerprint density at radius 1 is 1.44 bits per heavy atom. The minimum atomic E-state index is -0.929. The zero-order valence-corrected chi connectivity index (χ0v) is 9.58. The van der Waals surface area contributed by atoms with Crippen LogP contribution in [-0.2, 0) is 11.2 Å². The number of benzene rings is 1.